The first kappa shape index (κ1) is 20.0. The fourth-order valence-corrected chi connectivity index (χ4v) is 3.41. The lowest BCUT2D eigenvalue weighted by atomic mass is 10.1. The summed E-state index contributed by atoms with van der Waals surface area (Å²) in [4.78, 5) is 21.3. The molecule has 0 spiro atoms. The van der Waals surface area contributed by atoms with Crippen molar-refractivity contribution in [1.82, 2.24) is 15.2 Å². The van der Waals surface area contributed by atoms with E-state index in [9.17, 15) is 9.18 Å². The summed E-state index contributed by atoms with van der Waals surface area (Å²) in [6.07, 6.45) is 3.39. The molecule has 28 heavy (non-hydrogen) atoms. The zero-order valence-electron chi connectivity index (χ0n) is 16.4. The first-order valence-electron chi connectivity index (χ1n) is 9.64. The van der Waals surface area contributed by atoms with Crippen LogP contribution in [-0.4, -0.2) is 54.6 Å². The molecular formula is C22H27FN4O. The van der Waals surface area contributed by atoms with E-state index in [-0.39, 0.29) is 17.8 Å². The monoisotopic (exact) mass is 382 g/mol. The van der Waals surface area contributed by atoms with Crippen molar-refractivity contribution in [2.45, 2.75) is 19.9 Å². The molecule has 1 atom stereocenters. The van der Waals surface area contributed by atoms with Crippen LogP contribution in [0.15, 0.2) is 54.7 Å². The minimum atomic E-state index is -0.280. The maximum Gasteiger partial charge on any atom is 0.244 e. The molecule has 1 fully saturated rings. The normalized spacial score (nSPS) is 16.7. The van der Waals surface area contributed by atoms with Crippen molar-refractivity contribution in [1.29, 1.82) is 0 Å². The molecule has 1 aromatic carbocycles. The van der Waals surface area contributed by atoms with Crippen LogP contribution in [0.25, 0.3) is 5.57 Å². The highest BCUT2D eigenvalue weighted by atomic mass is 19.1. The molecule has 148 valence electrons. The van der Waals surface area contributed by atoms with Crippen LogP contribution >= 0.6 is 0 Å². The average molecular weight is 382 g/mol. The summed E-state index contributed by atoms with van der Waals surface area (Å²) < 4.78 is 13.0. The maximum atomic E-state index is 13.0. The topological polar surface area (TPSA) is 48.5 Å². The fraction of sp³-hybridized carbons (Fsp3) is 0.364. The molecule has 0 aliphatic carbocycles. The van der Waals surface area contributed by atoms with Gasteiger partial charge in [-0.05, 0) is 49.2 Å². The lowest BCUT2D eigenvalue weighted by Gasteiger charge is -2.36. The van der Waals surface area contributed by atoms with E-state index in [1.807, 2.05) is 38.2 Å². The smallest absolute Gasteiger partial charge is 0.244 e. The van der Waals surface area contributed by atoms with E-state index in [0.717, 1.165) is 49.7 Å². The van der Waals surface area contributed by atoms with Gasteiger partial charge in [-0.3, -0.25) is 9.69 Å². The molecule has 1 aliphatic heterocycles. The van der Waals surface area contributed by atoms with Gasteiger partial charge in [0.25, 0.3) is 0 Å². The van der Waals surface area contributed by atoms with Crippen molar-refractivity contribution in [3.05, 3.63) is 66.1 Å². The van der Waals surface area contributed by atoms with Gasteiger partial charge in [0.15, 0.2) is 0 Å². The Labute approximate surface area is 165 Å². The zero-order chi connectivity index (χ0) is 19.9. The number of amides is 1. The Morgan fingerprint density at radius 1 is 1.18 bits per heavy atom. The number of benzene rings is 1. The molecule has 1 N–H and O–H groups in total. The maximum absolute atomic E-state index is 13.0. The van der Waals surface area contributed by atoms with Gasteiger partial charge >= 0.3 is 0 Å². The second-order valence-electron chi connectivity index (χ2n) is 7.22. The van der Waals surface area contributed by atoms with E-state index in [2.05, 4.69) is 20.1 Å². The Balaban J connectivity index is 1.45. The lowest BCUT2D eigenvalue weighted by Crippen LogP contribution is -2.50. The number of carbonyl (C=O) groups is 1. The number of hydrogen-bond donors (Lipinski definition) is 1. The van der Waals surface area contributed by atoms with Gasteiger partial charge < -0.3 is 10.2 Å². The van der Waals surface area contributed by atoms with Crippen LogP contribution in [-0.2, 0) is 4.79 Å². The number of halogens is 1. The van der Waals surface area contributed by atoms with Crippen molar-refractivity contribution < 1.29 is 9.18 Å². The Morgan fingerprint density at radius 3 is 2.54 bits per heavy atom. The summed E-state index contributed by atoms with van der Waals surface area (Å²) in [7, 11) is 0. The number of rotatable bonds is 6. The molecule has 2 heterocycles. The summed E-state index contributed by atoms with van der Waals surface area (Å²) in [6, 6.07) is 12.2. The summed E-state index contributed by atoms with van der Waals surface area (Å²) >= 11 is 0. The van der Waals surface area contributed by atoms with Crippen molar-refractivity contribution in [3.8, 4) is 0 Å². The van der Waals surface area contributed by atoms with Crippen molar-refractivity contribution >= 4 is 17.3 Å². The van der Waals surface area contributed by atoms with Crippen LogP contribution in [0.5, 0.6) is 0 Å². The molecule has 3 rings (SSSR count). The summed E-state index contributed by atoms with van der Waals surface area (Å²) in [5.74, 6) is 0.615. The third kappa shape index (κ3) is 5.63. The van der Waals surface area contributed by atoms with Crippen molar-refractivity contribution in [2.75, 3.05) is 37.6 Å². The van der Waals surface area contributed by atoms with Gasteiger partial charge in [0.1, 0.15) is 11.6 Å². The van der Waals surface area contributed by atoms with Gasteiger partial charge in [-0.2, -0.15) is 0 Å². The molecule has 0 radical (unpaired) electrons. The van der Waals surface area contributed by atoms with E-state index in [1.54, 1.807) is 18.2 Å². The van der Waals surface area contributed by atoms with Gasteiger partial charge in [0.05, 0.1) is 0 Å². The van der Waals surface area contributed by atoms with Gasteiger partial charge in [-0.15, -0.1) is 0 Å². The highest BCUT2D eigenvalue weighted by Gasteiger charge is 2.19. The van der Waals surface area contributed by atoms with E-state index in [0.29, 0.717) is 0 Å². The molecule has 1 saturated heterocycles. The van der Waals surface area contributed by atoms with Crippen LogP contribution in [0.4, 0.5) is 10.2 Å². The predicted octanol–water partition coefficient (Wildman–Crippen LogP) is 2.95. The molecule has 1 amide bonds. The first-order chi connectivity index (χ1) is 13.5. The number of nitrogens with one attached hydrogen (secondary N) is 1. The number of anilines is 1. The molecule has 5 nitrogen and oxygen atoms in total. The number of carbonyl (C=O) groups excluding carboxylic acids is 1. The number of nitrogens with zero attached hydrogens (tertiary/aromatic N) is 3. The molecule has 0 bridgehead atoms. The average Bonchev–Trinajstić information content (AvgIpc) is 2.69. The number of aromatic nitrogens is 1. The molecule has 0 saturated carbocycles. The van der Waals surface area contributed by atoms with Gasteiger partial charge in [0.2, 0.25) is 5.91 Å². The largest absolute Gasteiger partial charge is 0.354 e. The second kappa shape index (κ2) is 9.46. The standard InChI is InChI=1S/C22H27FN4O/c1-17(19-6-8-20(23)9-7-19)15-22(28)25-18(2)16-26-11-13-27(14-12-26)21-5-3-4-10-24-21/h3-10,15,18H,11-14,16H2,1-2H3,(H,25,28)/b17-15-. The molecule has 1 aromatic heterocycles. The minimum absolute atomic E-state index is 0.0474. The SMILES string of the molecule is C/C(=C/C(=O)NC(C)CN1CCN(c2ccccn2)CC1)c1ccc(F)cc1. The molecular weight excluding hydrogens is 355 g/mol. The van der Waals surface area contributed by atoms with Crippen molar-refractivity contribution in [2.24, 2.45) is 0 Å². The number of pyridine rings is 1. The molecule has 1 aliphatic rings. The number of piperazine rings is 1. The number of hydrogen-bond acceptors (Lipinski definition) is 4. The van der Waals surface area contributed by atoms with Gasteiger partial charge in [0, 0.05) is 51.0 Å². The Hall–Kier alpha value is -2.73. The van der Waals surface area contributed by atoms with Gasteiger partial charge in [-0.25, -0.2) is 9.37 Å². The lowest BCUT2D eigenvalue weighted by molar-refractivity contribution is -0.117. The van der Waals surface area contributed by atoms with Crippen LogP contribution in [0.1, 0.15) is 19.4 Å². The summed E-state index contributed by atoms with van der Waals surface area (Å²) in [5, 5.41) is 3.03. The van der Waals surface area contributed by atoms with E-state index >= 15 is 0 Å². The second-order valence-corrected chi connectivity index (χ2v) is 7.22. The predicted molar refractivity (Wildman–Crippen MR) is 111 cm³/mol. The van der Waals surface area contributed by atoms with E-state index in [1.165, 1.54) is 12.1 Å². The van der Waals surface area contributed by atoms with Crippen molar-refractivity contribution in [3.63, 3.8) is 0 Å². The van der Waals surface area contributed by atoms with E-state index < -0.39 is 0 Å². The van der Waals surface area contributed by atoms with Gasteiger partial charge in [-0.1, -0.05) is 18.2 Å². The number of allylic oxidation sites excluding steroid dienone is 1. The zero-order valence-corrected chi connectivity index (χ0v) is 16.4. The van der Waals surface area contributed by atoms with Crippen LogP contribution < -0.4 is 10.2 Å². The fourth-order valence-electron chi connectivity index (χ4n) is 3.41. The van der Waals surface area contributed by atoms with Crippen LogP contribution in [0.3, 0.4) is 0 Å². The Bertz CT molecular complexity index is 799. The first-order valence-corrected chi connectivity index (χ1v) is 9.64. The third-order valence-corrected chi connectivity index (χ3v) is 4.91. The Morgan fingerprint density at radius 2 is 1.89 bits per heavy atom. The molecule has 6 heteroatoms. The molecule has 2 aromatic rings. The summed E-state index contributed by atoms with van der Waals surface area (Å²) in [5.41, 5.74) is 1.66. The highest BCUT2D eigenvalue weighted by molar-refractivity contribution is 5.94. The highest BCUT2D eigenvalue weighted by Crippen LogP contribution is 2.14. The quantitative estimate of drug-likeness (QED) is 0.781. The van der Waals surface area contributed by atoms with Crippen LogP contribution in [0, 0.1) is 5.82 Å². The minimum Gasteiger partial charge on any atom is -0.354 e. The summed E-state index contributed by atoms with van der Waals surface area (Å²) in [6.45, 7) is 8.44. The molecule has 1 unspecified atom stereocenters. The third-order valence-electron chi connectivity index (χ3n) is 4.91. The Kier molecular flexibility index (Phi) is 6.76. The van der Waals surface area contributed by atoms with Crippen LogP contribution in [0.2, 0.25) is 0 Å². The van der Waals surface area contributed by atoms with E-state index in [4.69, 9.17) is 0 Å².